The zero-order valence-corrected chi connectivity index (χ0v) is 15.0. The summed E-state index contributed by atoms with van der Waals surface area (Å²) in [6.07, 6.45) is -5.07. The van der Waals surface area contributed by atoms with Gasteiger partial charge in [-0.25, -0.2) is 0 Å². The zero-order valence-electron chi connectivity index (χ0n) is 15.0. The van der Waals surface area contributed by atoms with Gasteiger partial charge in [-0.05, 0) is 35.9 Å². The van der Waals surface area contributed by atoms with Crippen molar-refractivity contribution < 1.29 is 37.3 Å². The van der Waals surface area contributed by atoms with Gasteiger partial charge in [0.15, 0.2) is 11.5 Å². The molecule has 0 aliphatic rings. The number of carbonyl (C=O) groups excluding carboxylic acids is 1. The number of halogens is 3. The normalized spacial score (nSPS) is 12.2. The molecular weight excluding hydrogens is 379 g/mol. The summed E-state index contributed by atoms with van der Waals surface area (Å²) in [5, 5.41) is 11.6. The molecule has 0 radical (unpaired) electrons. The molecule has 0 bridgehead atoms. The first-order valence-corrected chi connectivity index (χ1v) is 8.07. The van der Waals surface area contributed by atoms with Gasteiger partial charge in [0.2, 0.25) is 0 Å². The third-order valence-electron chi connectivity index (χ3n) is 3.95. The highest BCUT2D eigenvalue weighted by molar-refractivity contribution is 5.95. The SMILES string of the molecule is COc1ccc(C(CC(=O)O)NC(=O)c2cccc(C(F)(F)F)c2)cc1OC. The highest BCUT2D eigenvalue weighted by Crippen LogP contribution is 2.32. The maximum atomic E-state index is 12.9. The molecule has 6 nitrogen and oxygen atoms in total. The second-order valence-corrected chi connectivity index (χ2v) is 5.82. The van der Waals surface area contributed by atoms with Crippen molar-refractivity contribution in [2.24, 2.45) is 0 Å². The standard InChI is InChI=1S/C19H18F3NO5/c1-27-15-7-6-11(9-16(15)28-2)14(10-17(24)25)23-18(26)12-4-3-5-13(8-12)19(20,21)22/h3-9,14H,10H2,1-2H3,(H,23,26)(H,24,25). The summed E-state index contributed by atoms with van der Waals surface area (Å²) in [6, 6.07) is 7.48. The van der Waals surface area contributed by atoms with Gasteiger partial charge in [0, 0.05) is 5.56 Å². The van der Waals surface area contributed by atoms with E-state index in [1.165, 1.54) is 26.4 Å². The van der Waals surface area contributed by atoms with Crippen molar-refractivity contribution in [3.05, 3.63) is 59.2 Å². The smallest absolute Gasteiger partial charge is 0.416 e. The van der Waals surface area contributed by atoms with Crippen LogP contribution < -0.4 is 14.8 Å². The lowest BCUT2D eigenvalue weighted by Gasteiger charge is -2.19. The number of nitrogens with one attached hydrogen (secondary N) is 1. The van der Waals surface area contributed by atoms with Crippen molar-refractivity contribution in [3.8, 4) is 11.5 Å². The second kappa shape index (κ2) is 8.64. The molecule has 0 aliphatic heterocycles. The number of hydrogen-bond acceptors (Lipinski definition) is 4. The Bertz CT molecular complexity index is 867. The number of methoxy groups -OCH3 is 2. The lowest BCUT2D eigenvalue weighted by atomic mass is 10.0. The van der Waals surface area contributed by atoms with E-state index in [9.17, 15) is 22.8 Å². The van der Waals surface area contributed by atoms with Gasteiger partial charge in [-0.1, -0.05) is 12.1 Å². The predicted octanol–water partition coefficient (Wildman–Crippen LogP) is 3.67. The maximum absolute atomic E-state index is 12.9. The van der Waals surface area contributed by atoms with E-state index in [1.807, 2.05) is 0 Å². The van der Waals surface area contributed by atoms with Crippen LogP contribution in [0.4, 0.5) is 13.2 Å². The van der Waals surface area contributed by atoms with Crippen LogP contribution in [0, 0.1) is 0 Å². The fourth-order valence-corrected chi connectivity index (χ4v) is 2.57. The Hall–Kier alpha value is -3.23. The van der Waals surface area contributed by atoms with Gasteiger partial charge in [-0.15, -0.1) is 0 Å². The number of carbonyl (C=O) groups is 2. The van der Waals surface area contributed by atoms with E-state index in [4.69, 9.17) is 14.6 Å². The number of carboxylic acid groups (broad SMARTS) is 1. The molecule has 0 heterocycles. The molecule has 2 aromatic carbocycles. The van der Waals surface area contributed by atoms with Gasteiger partial charge in [0.25, 0.3) is 5.91 Å². The summed E-state index contributed by atoms with van der Waals surface area (Å²) in [4.78, 5) is 23.6. The van der Waals surface area contributed by atoms with Gasteiger partial charge in [-0.3, -0.25) is 9.59 Å². The number of amides is 1. The molecule has 0 saturated heterocycles. The average Bonchev–Trinajstić information content (AvgIpc) is 2.65. The summed E-state index contributed by atoms with van der Waals surface area (Å²) >= 11 is 0. The minimum Gasteiger partial charge on any atom is -0.493 e. The van der Waals surface area contributed by atoms with Crippen molar-refractivity contribution in [1.82, 2.24) is 5.32 Å². The number of carboxylic acids is 1. The van der Waals surface area contributed by atoms with E-state index >= 15 is 0 Å². The lowest BCUT2D eigenvalue weighted by molar-refractivity contribution is -0.138. The van der Waals surface area contributed by atoms with Crippen LogP contribution in [0.5, 0.6) is 11.5 Å². The Labute approximate surface area is 158 Å². The number of rotatable bonds is 7. The summed E-state index contributed by atoms with van der Waals surface area (Å²) in [7, 11) is 2.83. The van der Waals surface area contributed by atoms with Crippen LogP contribution in [0.15, 0.2) is 42.5 Å². The minimum absolute atomic E-state index is 0.231. The van der Waals surface area contributed by atoms with Crippen LogP contribution in [-0.2, 0) is 11.0 Å². The van der Waals surface area contributed by atoms with Crippen molar-refractivity contribution in [3.63, 3.8) is 0 Å². The predicted molar refractivity (Wildman–Crippen MR) is 93.5 cm³/mol. The molecular formula is C19H18F3NO5. The summed E-state index contributed by atoms with van der Waals surface area (Å²) in [6.45, 7) is 0. The number of ether oxygens (including phenoxy) is 2. The lowest BCUT2D eigenvalue weighted by Crippen LogP contribution is -2.30. The molecule has 0 fully saturated rings. The average molecular weight is 397 g/mol. The monoisotopic (exact) mass is 397 g/mol. The van der Waals surface area contributed by atoms with E-state index in [0.29, 0.717) is 23.1 Å². The quantitative estimate of drug-likeness (QED) is 0.745. The van der Waals surface area contributed by atoms with E-state index in [0.717, 1.165) is 12.1 Å². The first kappa shape index (κ1) is 21.1. The fraction of sp³-hybridized carbons (Fsp3) is 0.263. The number of hydrogen-bond donors (Lipinski definition) is 2. The molecule has 1 unspecified atom stereocenters. The number of alkyl halides is 3. The van der Waals surface area contributed by atoms with Gasteiger partial charge in [-0.2, -0.15) is 13.2 Å². The molecule has 0 spiro atoms. The molecule has 9 heteroatoms. The van der Waals surface area contributed by atoms with Crippen LogP contribution in [-0.4, -0.2) is 31.2 Å². The molecule has 150 valence electrons. The van der Waals surface area contributed by atoms with Crippen LogP contribution in [0.3, 0.4) is 0 Å². The van der Waals surface area contributed by atoms with E-state index in [1.54, 1.807) is 12.1 Å². The molecule has 2 N–H and O–H groups in total. The molecule has 28 heavy (non-hydrogen) atoms. The zero-order chi connectivity index (χ0) is 20.9. The van der Waals surface area contributed by atoms with Gasteiger partial charge in [0.05, 0.1) is 32.2 Å². The highest BCUT2D eigenvalue weighted by Gasteiger charge is 2.31. The van der Waals surface area contributed by atoms with Gasteiger partial charge in [0.1, 0.15) is 0 Å². The topological polar surface area (TPSA) is 84.9 Å². The Morgan fingerprint density at radius 2 is 1.75 bits per heavy atom. The Morgan fingerprint density at radius 3 is 2.32 bits per heavy atom. The third kappa shape index (κ3) is 5.15. The Kier molecular flexibility index (Phi) is 6.50. The molecule has 0 aliphatic carbocycles. The minimum atomic E-state index is -4.60. The molecule has 0 saturated carbocycles. The molecule has 2 rings (SSSR count). The van der Waals surface area contributed by atoms with Crippen LogP contribution in [0.1, 0.15) is 33.9 Å². The fourth-order valence-electron chi connectivity index (χ4n) is 2.57. The number of aliphatic carboxylic acids is 1. The second-order valence-electron chi connectivity index (χ2n) is 5.82. The third-order valence-corrected chi connectivity index (χ3v) is 3.95. The van der Waals surface area contributed by atoms with E-state index < -0.39 is 36.1 Å². The molecule has 0 aromatic heterocycles. The Balaban J connectivity index is 2.32. The van der Waals surface area contributed by atoms with Crippen molar-refractivity contribution in [1.29, 1.82) is 0 Å². The van der Waals surface area contributed by atoms with Crippen LogP contribution in [0.2, 0.25) is 0 Å². The maximum Gasteiger partial charge on any atom is 0.416 e. The first-order chi connectivity index (χ1) is 13.2. The van der Waals surface area contributed by atoms with Gasteiger partial charge < -0.3 is 19.9 Å². The Morgan fingerprint density at radius 1 is 1.07 bits per heavy atom. The van der Waals surface area contributed by atoms with Crippen LogP contribution in [0.25, 0.3) is 0 Å². The summed E-state index contributed by atoms with van der Waals surface area (Å²) < 4.78 is 48.8. The van der Waals surface area contributed by atoms with E-state index in [-0.39, 0.29) is 5.56 Å². The van der Waals surface area contributed by atoms with Crippen molar-refractivity contribution >= 4 is 11.9 Å². The summed E-state index contributed by atoms with van der Waals surface area (Å²) in [5.41, 5.74) is -0.799. The molecule has 1 amide bonds. The van der Waals surface area contributed by atoms with Crippen molar-refractivity contribution in [2.75, 3.05) is 14.2 Å². The first-order valence-electron chi connectivity index (χ1n) is 8.07. The molecule has 2 aromatic rings. The summed E-state index contributed by atoms with van der Waals surface area (Å²) in [5.74, 6) is -1.29. The van der Waals surface area contributed by atoms with Crippen LogP contribution >= 0.6 is 0 Å². The van der Waals surface area contributed by atoms with Gasteiger partial charge >= 0.3 is 12.1 Å². The van der Waals surface area contributed by atoms with Crippen molar-refractivity contribution in [2.45, 2.75) is 18.6 Å². The number of benzene rings is 2. The largest absolute Gasteiger partial charge is 0.493 e. The highest BCUT2D eigenvalue weighted by atomic mass is 19.4. The van der Waals surface area contributed by atoms with E-state index in [2.05, 4.69) is 5.32 Å². The molecule has 1 atom stereocenters.